The summed E-state index contributed by atoms with van der Waals surface area (Å²) in [6, 6.07) is 0. The zero-order valence-electron chi connectivity index (χ0n) is 9.77. The molecule has 0 spiro atoms. The van der Waals surface area contributed by atoms with E-state index >= 15 is 0 Å². The van der Waals surface area contributed by atoms with E-state index in [0.717, 1.165) is 13.1 Å². The number of nitrogens with zero attached hydrogens (tertiary/aromatic N) is 1. The van der Waals surface area contributed by atoms with Crippen LogP contribution in [0.4, 0.5) is 0 Å². The van der Waals surface area contributed by atoms with Gasteiger partial charge in [-0.1, -0.05) is 27.2 Å². The van der Waals surface area contributed by atoms with E-state index in [4.69, 9.17) is 5.73 Å². The lowest BCUT2D eigenvalue weighted by molar-refractivity contribution is 0.190. The van der Waals surface area contributed by atoms with E-state index in [9.17, 15) is 0 Å². The van der Waals surface area contributed by atoms with Crippen molar-refractivity contribution in [2.75, 3.05) is 26.7 Å². The molecular formula is C11H26N2. The maximum Gasteiger partial charge on any atom is 0.00442 e. The zero-order chi connectivity index (χ0) is 10.3. The molecule has 0 amide bonds. The van der Waals surface area contributed by atoms with Gasteiger partial charge < -0.3 is 10.6 Å². The topological polar surface area (TPSA) is 29.3 Å². The lowest BCUT2D eigenvalue weighted by Gasteiger charge is -2.31. The van der Waals surface area contributed by atoms with E-state index in [1.54, 1.807) is 0 Å². The second-order valence-corrected chi connectivity index (χ2v) is 4.46. The van der Waals surface area contributed by atoms with E-state index in [0.29, 0.717) is 5.41 Å². The Morgan fingerprint density at radius 2 is 1.92 bits per heavy atom. The molecule has 0 aliphatic carbocycles. The first-order valence-electron chi connectivity index (χ1n) is 5.46. The van der Waals surface area contributed by atoms with Crippen LogP contribution in [0.1, 0.15) is 40.0 Å². The lowest BCUT2D eigenvalue weighted by atomic mass is 9.87. The van der Waals surface area contributed by atoms with Crippen molar-refractivity contribution in [2.45, 2.75) is 40.0 Å². The van der Waals surface area contributed by atoms with Crippen molar-refractivity contribution in [1.82, 2.24) is 4.90 Å². The van der Waals surface area contributed by atoms with Gasteiger partial charge in [0.05, 0.1) is 0 Å². The van der Waals surface area contributed by atoms with E-state index in [1.165, 1.54) is 25.8 Å². The predicted molar refractivity (Wildman–Crippen MR) is 59.9 cm³/mol. The predicted octanol–water partition coefficient (Wildman–Crippen LogP) is 2.09. The largest absolute Gasteiger partial charge is 0.330 e. The summed E-state index contributed by atoms with van der Waals surface area (Å²) in [4.78, 5) is 2.40. The molecule has 2 nitrogen and oxygen atoms in total. The van der Waals surface area contributed by atoms with Crippen LogP contribution in [0.3, 0.4) is 0 Å². The van der Waals surface area contributed by atoms with Gasteiger partial charge in [0.15, 0.2) is 0 Å². The summed E-state index contributed by atoms with van der Waals surface area (Å²) in [6.07, 6.45) is 3.73. The first-order chi connectivity index (χ1) is 6.08. The molecule has 1 atom stereocenters. The van der Waals surface area contributed by atoms with Crippen LogP contribution in [0.15, 0.2) is 0 Å². The number of hydrogen-bond acceptors (Lipinski definition) is 2. The van der Waals surface area contributed by atoms with Gasteiger partial charge in [-0.25, -0.2) is 0 Å². The van der Waals surface area contributed by atoms with E-state index in [1.807, 2.05) is 0 Å². The number of nitrogens with two attached hydrogens (primary N) is 1. The van der Waals surface area contributed by atoms with Crippen LogP contribution in [0.25, 0.3) is 0 Å². The molecule has 0 saturated carbocycles. The second kappa shape index (κ2) is 6.39. The van der Waals surface area contributed by atoms with Gasteiger partial charge in [-0.15, -0.1) is 0 Å². The summed E-state index contributed by atoms with van der Waals surface area (Å²) in [7, 11) is 2.19. The Morgan fingerprint density at radius 3 is 2.31 bits per heavy atom. The molecule has 0 aromatic carbocycles. The molecule has 0 rings (SSSR count). The van der Waals surface area contributed by atoms with E-state index in [-0.39, 0.29) is 0 Å². The molecule has 0 aliphatic rings. The minimum absolute atomic E-state index is 0.308. The average Bonchev–Trinajstić information content (AvgIpc) is 2.14. The smallest absolute Gasteiger partial charge is 0.00442 e. The molecule has 0 aromatic rings. The van der Waals surface area contributed by atoms with Crippen molar-refractivity contribution in [1.29, 1.82) is 0 Å². The second-order valence-electron chi connectivity index (χ2n) is 4.46. The van der Waals surface area contributed by atoms with Crippen LogP contribution >= 0.6 is 0 Å². The van der Waals surface area contributed by atoms with Gasteiger partial charge in [0.2, 0.25) is 0 Å². The first-order valence-corrected chi connectivity index (χ1v) is 5.46. The van der Waals surface area contributed by atoms with Crippen molar-refractivity contribution >= 4 is 0 Å². The first kappa shape index (κ1) is 12.9. The minimum Gasteiger partial charge on any atom is -0.330 e. The average molecular weight is 186 g/mol. The highest BCUT2D eigenvalue weighted by Crippen LogP contribution is 2.20. The third kappa shape index (κ3) is 5.27. The van der Waals surface area contributed by atoms with Crippen molar-refractivity contribution in [3.05, 3.63) is 0 Å². The zero-order valence-corrected chi connectivity index (χ0v) is 9.77. The van der Waals surface area contributed by atoms with Gasteiger partial charge in [-0.2, -0.15) is 0 Å². The summed E-state index contributed by atoms with van der Waals surface area (Å²) in [5.74, 6) is 0. The molecule has 0 aliphatic heterocycles. The molecular weight excluding hydrogens is 160 g/mol. The molecule has 13 heavy (non-hydrogen) atoms. The molecule has 0 heterocycles. The lowest BCUT2D eigenvalue weighted by Crippen LogP contribution is -2.38. The summed E-state index contributed by atoms with van der Waals surface area (Å²) in [5, 5.41) is 0. The van der Waals surface area contributed by atoms with E-state index in [2.05, 4.69) is 32.7 Å². The van der Waals surface area contributed by atoms with E-state index < -0.39 is 0 Å². The molecule has 0 radical (unpaired) electrons. The fourth-order valence-electron chi connectivity index (χ4n) is 1.48. The van der Waals surface area contributed by atoms with Crippen LogP contribution in [-0.4, -0.2) is 31.6 Å². The SMILES string of the molecule is CCCCN(C)CC(C)(CC)CN. The monoisotopic (exact) mass is 186 g/mol. The number of hydrogen-bond donors (Lipinski definition) is 1. The molecule has 0 fully saturated rings. The van der Waals surface area contributed by atoms with Crippen LogP contribution in [0.5, 0.6) is 0 Å². The van der Waals surface area contributed by atoms with Crippen molar-refractivity contribution in [2.24, 2.45) is 11.1 Å². The molecule has 0 bridgehead atoms. The number of rotatable bonds is 7. The third-order valence-electron chi connectivity index (χ3n) is 2.89. The molecule has 1 unspecified atom stereocenters. The molecule has 0 aromatic heterocycles. The highest BCUT2D eigenvalue weighted by molar-refractivity contribution is 4.76. The van der Waals surface area contributed by atoms with Crippen LogP contribution in [0, 0.1) is 5.41 Å². The Kier molecular flexibility index (Phi) is 6.35. The van der Waals surface area contributed by atoms with Crippen LogP contribution in [-0.2, 0) is 0 Å². The van der Waals surface area contributed by atoms with Gasteiger partial charge in [-0.3, -0.25) is 0 Å². The Bertz CT molecular complexity index is 119. The van der Waals surface area contributed by atoms with Crippen molar-refractivity contribution < 1.29 is 0 Å². The standard InChI is InChI=1S/C11H26N2/c1-5-7-8-13(4)10-11(3,6-2)9-12/h5-10,12H2,1-4H3. The maximum atomic E-state index is 5.77. The van der Waals surface area contributed by atoms with Gasteiger partial charge in [0, 0.05) is 6.54 Å². The Labute approximate surface area is 83.5 Å². The Balaban J connectivity index is 3.79. The molecule has 0 saturated heterocycles. The fraction of sp³-hybridized carbons (Fsp3) is 1.00. The summed E-state index contributed by atoms with van der Waals surface area (Å²) in [6.45, 7) is 9.85. The molecule has 2 heteroatoms. The molecule has 80 valence electrons. The Morgan fingerprint density at radius 1 is 1.31 bits per heavy atom. The van der Waals surface area contributed by atoms with Crippen LogP contribution in [0.2, 0.25) is 0 Å². The van der Waals surface area contributed by atoms with Crippen LogP contribution < -0.4 is 5.73 Å². The van der Waals surface area contributed by atoms with Crippen molar-refractivity contribution in [3.63, 3.8) is 0 Å². The summed E-state index contributed by atoms with van der Waals surface area (Å²) >= 11 is 0. The van der Waals surface area contributed by atoms with Gasteiger partial charge in [0.1, 0.15) is 0 Å². The summed E-state index contributed by atoms with van der Waals surface area (Å²) in [5.41, 5.74) is 6.08. The Hall–Kier alpha value is -0.0800. The highest BCUT2D eigenvalue weighted by atomic mass is 15.1. The maximum absolute atomic E-state index is 5.77. The fourth-order valence-corrected chi connectivity index (χ4v) is 1.48. The normalized spacial score (nSPS) is 16.2. The third-order valence-corrected chi connectivity index (χ3v) is 2.89. The number of unbranched alkanes of at least 4 members (excludes halogenated alkanes) is 1. The molecule has 2 N–H and O–H groups in total. The quantitative estimate of drug-likeness (QED) is 0.659. The van der Waals surface area contributed by atoms with Gasteiger partial charge in [-0.05, 0) is 38.4 Å². The highest BCUT2D eigenvalue weighted by Gasteiger charge is 2.21. The van der Waals surface area contributed by atoms with Gasteiger partial charge in [0.25, 0.3) is 0 Å². The van der Waals surface area contributed by atoms with Crippen molar-refractivity contribution in [3.8, 4) is 0 Å². The van der Waals surface area contributed by atoms with Gasteiger partial charge >= 0.3 is 0 Å². The minimum atomic E-state index is 0.308. The summed E-state index contributed by atoms with van der Waals surface area (Å²) < 4.78 is 0.